The molecule has 23 heavy (non-hydrogen) atoms. The molecule has 2 rings (SSSR count). The van der Waals surface area contributed by atoms with Gasteiger partial charge in [0.1, 0.15) is 6.61 Å². The van der Waals surface area contributed by atoms with E-state index in [0.29, 0.717) is 12.8 Å². The molecular weight excluding hydrogens is 298 g/mol. The highest BCUT2D eigenvalue weighted by Crippen LogP contribution is 2.22. The molecule has 1 aromatic carbocycles. The molecule has 0 spiro atoms. The molecule has 0 aliphatic carbocycles. The van der Waals surface area contributed by atoms with E-state index in [1.165, 1.54) is 19.1 Å². The van der Waals surface area contributed by atoms with E-state index in [1.54, 1.807) is 6.92 Å². The smallest absolute Gasteiger partial charge is 0.416 e. The second-order valence-corrected chi connectivity index (χ2v) is 5.67. The summed E-state index contributed by atoms with van der Waals surface area (Å²) in [5, 5.41) is 0. The number of imide groups is 1. The summed E-state index contributed by atoms with van der Waals surface area (Å²) in [5.41, 5.74) is 1.06. The molecule has 0 unspecified atom stereocenters. The molecule has 0 saturated carbocycles. The third-order valence-electron chi connectivity index (χ3n) is 4.01. The summed E-state index contributed by atoms with van der Waals surface area (Å²) < 4.78 is 15.3. The predicted molar refractivity (Wildman–Crippen MR) is 83.7 cm³/mol. The molecule has 1 aliphatic heterocycles. The first-order valence-corrected chi connectivity index (χ1v) is 7.66. The van der Waals surface area contributed by atoms with Gasteiger partial charge in [-0.2, -0.15) is 0 Å². The van der Waals surface area contributed by atoms with Crippen molar-refractivity contribution in [2.24, 2.45) is 5.92 Å². The van der Waals surface area contributed by atoms with E-state index in [1.807, 2.05) is 30.3 Å². The maximum atomic E-state index is 12.6. The van der Waals surface area contributed by atoms with Gasteiger partial charge in [-0.1, -0.05) is 37.3 Å². The van der Waals surface area contributed by atoms with Crippen LogP contribution in [0.25, 0.3) is 0 Å². The summed E-state index contributed by atoms with van der Waals surface area (Å²) in [6, 6.07) is 9.47. The number of hydrogen-bond donors (Lipinski definition) is 0. The van der Waals surface area contributed by atoms with Crippen LogP contribution in [0.3, 0.4) is 0 Å². The van der Waals surface area contributed by atoms with Gasteiger partial charge < -0.3 is 14.2 Å². The van der Waals surface area contributed by atoms with Gasteiger partial charge in [0.25, 0.3) is 0 Å². The fourth-order valence-corrected chi connectivity index (χ4v) is 2.68. The Morgan fingerprint density at radius 2 is 1.96 bits per heavy atom. The number of methoxy groups -OCH3 is 2. The SMILES string of the molecule is COC(C[C@@H](C)C(=O)N1C(=O)OC[C@@H]1Cc1ccccc1)OC. The highest BCUT2D eigenvalue weighted by Gasteiger charge is 2.40. The number of carbonyl (C=O) groups is 2. The fourth-order valence-electron chi connectivity index (χ4n) is 2.68. The molecule has 1 aliphatic rings. The Hall–Kier alpha value is -1.92. The quantitative estimate of drug-likeness (QED) is 0.721. The zero-order valence-electron chi connectivity index (χ0n) is 13.7. The fraction of sp³-hybridized carbons (Fsp3) is 0.529. The van der Waals surface area contributed by atoms with E-state index in [4.69, 9.17) is 14.2 Å². The standard InChI is InChI=1S/C17H23NO5/c1-12(9-15(21-2)22-3)16(19)18-14(11-23-17(18)20)10-13-7-5-4-6-8-13/h4-8,12,14-15H,9-11H2,1-3H3/t12-,14+/m1/s1. The summed E-state index contributed by atoms with van der Waals surface area (Å²) in [4.78, 5) is 25.8. The summed E-state index contributed by atoms with van der Waals surface area (Å²) in [6.07, 6.45) is -0.0780. The van der Waals surface area contributed by atoms with Crippen molar-refractivity contribution in [3.63, 3.8) is 0 Å². The van der Waals surface area contributed by atoms with Gasteiger partial charge in [-0.3, -0.25) is 4.79 Å². The molecule has 2 amide bonds. The zero-order valence-corrected chi connectivity index (χ0v) is 13.7. The Morgan fingerprint density at radius 3 is 2.57 bits per heavy atom. The normalized spacial score (nSPS) is 19.0. The van der Waals surface area contributed by atoms with Gasteiger partial charge in [-0.05, 0) is 12.0 Å². The first-order chi connectivity index (χ1) is 11.1. The van der Waals surface area contributed by atoms with E-state index in [0.717, 1.165) is 5.56 Å². The molecule has 6 nitrogen and oxygen atoms in total. The van der Waals surface area contributed by atoms with Crippen molar-refractivity contribution in [3.8, 4) is 0 Å². The van der Waals surface area contributed by atoms with Gasteiger partial charge in [0.05, 0.1) is 6.04 Å². The molecule has 0 bridgehead atoms. The molecule has 1 fully saturated rings. The first-order valence-electron chi connectivity index (χ1n) is 7.66. The minimum atomic E-state index is -0.575. The number of benzene rings is 1. The molecule has 1 aromatic rings. The molecule has 0 radical (unpaired) electrons. The van der Waals surface area contributed by atoms with Crippen LogP contribution in [0.5, 0.6) is 0 Å². The third kappa shape index (κ3) is 4.30. The van der Waals surface area contributed by atoms with Crippen molar-refractivity contribution in [1.82, 2.24) is 4.90 Å². The lowest BCUT2D eigenvalue weighted by Crippen LogP contribution is -2.43. The Bertz CT molecular complexity index is 529. The Labute approximate surface area is 136 Å². The Morgan fingerprint density at radius 1 is 1.30 bits per heavy atom. The number of nitrogens with zero attached hydrogens (tertiary/aromatic N) is 1. The lowest BCUT2D eigenvalue weighted by atomic mass is 10.0. The maximum absolute atomic E-state index is 12.6. The molecule has 126 valence electrons. The van der Waals surface area contributed by atoms with Gasteiger partial charge in [0.2, 0.25) is 5.91 Å². The second kappa shape index (κ2) is 8.08. The number of cyclic esters (lactones) is 1. The summed E-state index contributed by atoms with van der Waals surface area (Å²) in [7, 11) is 3.04. The lowest BCUT2D eigenvalue weighted by molar-refractivity contribution is -0.142. The van der Waals surface area contributed by atoms with E-state index < -0.39 is 18.3 Å². The molecule has 0 aromatic heterocycles. The number of rotatable bonds is 7. The van der Waals surface area contributed by atoms with E-state index in [9.17, 15) is 9.59 Å². The van der Waals surface area contributed by atoms with Crippen molar-refractivity contribution in [2.75, 3.05) is 20.8 Å². The van der Waals surface area contributed by atoms with Gasteiger partial charge in [0.15, 0.2) is 6.29 Å². The van der Waals surface area contributed by atoms with Crippen LogP contribution in [0.15, 0.2) is 30.3 Å². The molecule has 2 atom stereocenters. The van der Waals surface area contributed by atoms with Crippen LogP contribution < -0.4 is 0 Å². The van der Waals surface area contributed by atoms with Gasteiger partial charge in [-0.25, -0.2) is 9.69 Å². The minimum absolute atomic E-state index is 0.226. The average Bonchev–Trinajstić information content (AvgIpc) is 2.93. The van der Waals surface area contributed by atoms with E-state index in [-0.39, 0.29) is 18.6 Å². The highest BCUT2D eigenvalue weighted by molar-refractivity contribution is 5.94. The van der Waals surface area contributed by atoms with Gasteiger partial charge >= 0.3 is 6.09 Å². The second-order valence-electron chi connectivity index (χ2n) is 5.67. The van der Waals surface area contributed by atoms with Crippen LogP contribution in [0.1, 0.15) is 18.9 Å². The Balaban J connectivity index is 2.05. The Kier molecular flexibility index (Phi) is 6.12. The minimum Gasteiger partial charge on any atom is -0.447 e. The lowest BCUT2D eigenvalue weighted by Gasteiger charge is -2.24. The zero-order chi connectivity index (χ0) is 16.8. The van der Waals surface area contributed by atoms with Gasteiger partial charge in [-0.15, -0.1) is 0 Å². The van der Waals surface area contributed by atoms with Gasteiger partial charge in [0, 0.05) is 26.6 Å². The van der Waals surface area contributed by atoms with Crippen molar-refractivity contribution < 1.29 is 23.8 Å². The molecule has 1 saturated heterocycles. The van der Waals surface area contributed by atoms with Crippen LogP contribution >= 0.6 is 0 Å². The summed E-state index contributed by atoms with van der Waals surface area (Å²) in [5.74, 6) is -0.656. The van der Waals surface area contributed by atoms with Crippen molar-refractivity contribution in [3.05, 3.63) is 35.9 Å². The van der Waals surface area contributed by atoms with E-state index in [2.05, 4.69) is 0 Å². The maximum Gasteiger partial charge on any atom is 0.416 e. The number of carbonyl (C=O) groups excluding carboxylic acids is 2. The van der Waals surface area contributed by atoms with Crippen LogP contribution in [0, 0.1) is 5.92 Å². The molecule has 1 heterocycles. The monoisotopic (exact) mass is 321 g/mol. The van der Waals surface area contributed by atoms with Crippen LogP contribution in [0.2, 0.25) is 0 Å². The topological polar surface area (TPSA) is 65.1 Å². The third-order valence-corrected chi connectivity index (χ3v) is 4.01. The van der Waals surface area contributed by atoms with Crippen molar-refractivity contribution >= 4 is 12.0 Å². The van der Waals surface area contributed by atoms with Crippen LogP contribution in [0.4, 0.5) is 4.79 Å². The number of hydrogen-bond acceptors (Lipinski definition) is 5. The molecule has 6 heteroatoms. The molecule has 0 N–H and O–H groups in total. The summed E-state index contributed by atoms with van der Waals surface area (Å²) in [6.45, 7) is 1.99. The molecular formula is C17H23NO5. The first kappa shape index (κ1) is 17.4. The predicted octanol–water partition coefficient (Wildman–Crippen LogP) is 2.22. The average molecular weight is 321 g/mol. The highest BCUT2D eigenvalue weighted by atomic mass is 16.7. The van der Waals surface area contributed by atoms with Crippen LogP contribution in [-0.4, -0.2) is 50.1 Å². The number of ether oxygens (including phenoxy) is 3. The number of amides is 2. The summed E-state index contributed by atoms with van der Waals surface area (Å²) >= 11 is 0. The van der Waals surface area contributed by atoms with E-state index >= 15 is 0 Å². The largest absolute Gasteiger partial charge is 0.447 e. The van der Waals surface area contributed by atoms with Crippen molar-refractivity contribution in [1.29, 1.82) is 0 Å². The van der Waals surface area contributed by atoms with Crippen molar-refractivity contribution in [2.45, 2.75) is 32.1 Å². The van der Waals surface area contributed by atoms with Crippen LogP contribution in [-0.2, 0) is 25.4 Å².